The van der Waals surface area contributed by atoms with Gasteiger partial charge in [0.2, 0.25) is 0 Å². The molecule has 0 saturated heterocycles. The third-order valence-electron chi connectivity index (χ3n) is 2.13. The fourth-order valence-electron chi connectivity index (χ4n) is 1.33. The topological polar surface area (TPSA) is 65.2 Å². The minimum atomic E-state index is -2.66. The summed E-state index contributed by atoms with van der Waals surface area (Å²) >= 11 is 0. The molecular weight excluding hydrogens is 218 g/mol. The highest BCUT2D eigenvalue weighted by Gasteiger charge is 2.19. The first kappa shape index (κ1) is 12.5. The number of hydrogen-bond acceptors (Lipinski definition) is 4. The number of pyridine rings is 1. The van der Waals surface area contributed by atoms with Crippen molar-refractivity contribution >= 4 is 5.97 Å². The molecule has 1 aromatic rings. The van der Waals surface area contributed by atoms with Gasteiger partial charge in [0, 0.05) is 12.1 Å². The van der Waals surface area contributed by atoms with Crippen molar-refractivity contribution < 1.29 is 18.3 Å². The molecule has 0 saturated carbocycles. The number of nitrogens with two attached hydrogens (primary N) is 1. The summed E-state index contributed by atoms with van der Waals surface area (Å²) in [6.45, 7) is 1.37. The average molecular weight is 230 g/mol. The lowest BCUT2D eigenvalue weighted by atomic mass is 10.1. The van der Waals surface area contributed by atoms with Crippen molar-refractivity contribution in [3.05, 3.63) is 28.6 Å². The molecule has 0 unspecified atom stereocenters. The van der Waals surface area contributed by atoms with Crippen LogP contribution in [0, 0.1) is 6.92 Å². The highest BCUT2D eigenvalue weighted by Crippen LogP contribution is 2.24. The van der Waals surface area contributed by atoms with E-state index in [-0.39, 0.29) is 23.5 Å². The standard InChI is InChI=1S/C10H12F2N2O2/c1-5-3-6(9(11)12)7(4-13)14-8(5)10(15)16-2/h3,9H,4,13H2,1-2H3. The number of rotatable bonds is 3. The van der Waals surface area contributed by atoms with Crippen molar-refractivity contribution in [2.24, 2.45) is 5.73 Å². The summed E-state index contributed by atoms with van der Waals surface area (Å²) in [5, 5.41) is 0. The molecular formula is C10H12F2N2O2. The van der Waals surface area contributed by atoms with E-state index in [2.05, 4.69) is 9.72 Å². The number of ether oxygens (including phenoxy) is 1. The lowest BCUT2D eigenvalue weighted by molar-refractivity contribution is 0.0592. The summed E-state index contributed by atoms with van der Waals surface area (Å²) in [6.07, 6.45) is -2.66. The quantitative estimate of drug-likeness (QED) is 0.800. The zero-order valence-corrected chi connectivity index (χ0v) is 8.96. The van der Waals surface area contributed by atoms with E-state index in [1.165, 1.54) is 20.1 Å². The molecule has 0 atom stereocenters. The number of esters is 1. The van der Waals surface area contributed by atoms with Crippen molar-refractivity contribution in [2.45, 2.75) is 19.9 Å². The summed E-state index contributed by atoms with van der Waals surface area (Å²) in [4.78, 5) is 15.1. The third kappa shape index (κ3) is 2.33. The molecule has 0 radical (unpaired) electrons. The fraction of sp³-hybridized carbons (Fsp3) is 0.400. The smallest absolute Gasteiger partial charge is 0.356 e. The maximum Gasteiger partial charge on any atom is 0.356 e. The Hall–Kier alpha value is -1.56. The predicted molar refractivity (Wildman–Crippen MR) is 53.2 cm³/mol. The Balaban J connectivity index is 3.31. The number of hydrogen-bond donors (Lipinski definition) is 1. The van der Waals surface area contributed by atoms with E-state index in [0.29, 0.717) is 5.56 Å². The van der Waals surface area contributed by atoms with Crippen molar-refractivity contribution in [2.75, 3.05) is 7.11 Å². The van der Waals surface area contributed by atoms with Crippen molar-refractivity contribution in [1.29, 1.82) is 0 Å². The highest BCUT2D eigenvalue weighted by molar-refractivity contribution is 5.88. The molecule has 88 valence electrons. The Morgan fingerprint density at radius 1 is 1.62 bits per heavy atom. The second-order valence-corrected chi connectivity index (χ2v) is 3.19. The second-order valence-electron chi connectivity index (χ2n) is 3.19. The van der Waals surface area contributed by atoms with Crippen LogP contribution in [0.3, 0.4) is 0 Å². The Morgan fingerprint density at radius 2 is 2.25 bits per heavy atom. The SMILES string of the molecule is COC(=O)c1nc(CN)c(C(F)F)cc1C. The van der Waals surface area contributed by atoms with Gasteiger partial charge in [-0.2, -0.15) is 0 Å². The number of halogens is 2. The van der Waals surface area contributed by atoms with Crippen LogP contribution in [0.1, 0.15) is 33.7 Å². The van der Waals surface area contributed by atoms with Gasteiger partial charge in [-0.25, -0.2) is 18.6 Å². The van der Waals surface area contributed by atoms with Crippen LogP contribution in [-0.4, -0.2) is 18.1 Å². The van der Waals surface area contributed by atoms with E-state index >= 15 is 0 Å². The van der Waals surface area contributed by atoms with Crippen LogP contribution in [0.15, 0.2) is 6.07 Å². The zero-order valence-electron chi connectivity index (χ0n) is 8.96. The van der Waals surface area contributed by atoms with E-state index < -0.39 is 12.4 Å². The van der Waals surface area contributed by atoms with Gasteiger partial charge in [-0.3, -0.25) is 0 Å². The normalized spacial score (nSPS) is 10.6. The number of alkyl halides is 2. The van der Waals surface area contributed by atoms with Crippen LogP contribution < -0.4 is 5.73 Å². The van der Waals surface area contributed by atoms with Crippen LogP contribution in [-0.2, 0) is 11.3 Å². The van der Waals surface area contributed by atoms with Crippen molar-refractivity contribution in [1.82, 2.24) is 4.98 Å². The van der Waals surface area contributed by atoms with Crippen molar-refractivity contribution in [3.8, 4) is 0 Å². The Labute approximate surface area is 91.4 Å². The highest BCUT2D eigenvalue weighted by atomic mass is 19.3. The molecule has 1 rings (SSSR count). The lowest BCUT2D eigenvalue weighted by Crippen LogP contribution is -2.13. The molecule has 0 bridgehead atoms. The molecule has 0 aliphatic heterocycles. The minimum Gasteiger partial charge on any atom is -0.464 e. The molecule has 4 nitrogen and oxygen atoms in total. The van der Waals surface area contributed by atoms with Gasteiger partial charge in [-0.15, -0.1) is 0 Å². The maximum atomic E-state index is 12.6. The number of methoxy groups -OCH3 is 1. The van der Waals surface area contributed by atoms with E-state index in [4.69, 9.17) is 5.73 Å². The van der Waals surface area contributed by atoms with Crippen molar-refractivity contribution in [3.63, 3.8) is 0 Å². The first-order chi connectivity index (χ1) is 7.51. The first-order valence-electron chi connectivity index (χ1n) is 4.58. The molecule has 2 N–H and O–H groups in total. The van der Waals surface area contributed by atoms with Gasteiger partial charge in [-0.05, 0) is 18.6 Å². The van der Waals surface area contributed by atoms with Crippen LogP contribution in [0.2, 0.25) is 0 Å². The predicted octanol–water partition coefficient (Wildman–Crippen LogP) is 1.57. The minimum absolute atomic E-state index is 0.0148. The van der Waals surface area contributed by atoms with Gasteiger partial charge in [0.05, 0.1) is 12.8 Å². The van der Waals surface area contributed by atoms with E-state index in [0.717, 1.165) is 0 Å². The summed E-state index contributed by atoms with van der Waals surface area (Å²) < 4.78 is 29.7. The monoisotopic (exact) mass is 230 g/mol. The summed E-state index contributed by atoms with van der Waals surface area (Å²) in [5.41, 5.74) is 5.44. The Morgan fingerprint density at radius 3 is 2.69 bits per heavy atom. The molecule has 1 aromatic heterocycles. The molecule has 1 heterocycles. The lowest BCUT2D eigenvalue weighted by Gasteiger charge is -2.10. The zero-order chi connectivity index (χ0) is 12.3. The molecule has 0 amide bonds. The summed E-state index contributed by atoms with van der Waals surface area (Å²) in [7, 11) is 1.20. The molecule has 0 aliphatic rings. The summed E-state index contributed by atoms with van der Waals surface area (Å²) in [5.74, 6) is -0.659. The van der Waals surface area contributed by atoms with Gasteiger partial charge >= 0.3 is 5.97 Å². The number of nitrogens with zero attached hydrogens (tertiary/aromatic N) is 1. The first-order valence-corrected chi connectivity index (χ1v) is 4.58. The molecule has 0 aliphatic carbocycles. The Kier molecular flexibility index (Phi) is 3.89. The molecule has 16 heavy (non-hydrogen) atoms. The van der Waals surface area contributed by atoms with Gasteiger partial charge in [0.15, 0.2) is 5.69 Å². The number of carbonyl (C=O) groups is 1. The Bertz CT molecular complexity index is 408. The van der Waals surface area contributed by atoms with Crippen LogP contribution in [0.25, 0.3) is 0 Å². The molecule has 0 fully saturated rings. The second kappa shape index (κ2) is 4.98. The van der Waals surface area contributed by atoms with Crippen LogP contribution in [0.4, 0.5) is 8.78 Å². The van der Waals surface area contributed by atoms with Gasteiger partial charge < -0.3 is 10.5 Å². The van der Waals surface area contributed by atoms with E-state index in [1.54, 1.807) is 0 Å². The third-order valence-corrected chi connectivity index (χ3v) is 2.13. The number of aromatic nitrogens is 1. The van der Waals surface area contributed by atoms with E-state index in [9.17, 15) is 13.6 Å². The van der Waals surface area contributed by atoms with Gasteiger partial charge in [-0.1, -0.05) is 0 Å². The van der Waals surface area contributed by atoms with Gasteiger partial charge in [0.25, 0.3) is 6.43 Å². The number of carbonyl (C=O) groups excluding carboxylic acids is 1. The average Bonchev–Trinajstić information content (AvgIpc) is 2.27. The largest absolute Gasteiger partial charge is 0.464 e. The van der Waals surface area contributed by atoms with Crippen LogP contribution >= 0.6 is 0 Å². The fourth-order valence-corrected chi connectivity index (χ4v) is 1.33. The molecule has 0 aromatic carbocycles. The van der Waals surface area contributed by atoms with E-state index in [1.807, 2.05) is 0 Å². The number of aryl methyl sites for hydroxylation is 1. The maximum absolute atomic E-state index is 12.6. The summed E-state index contributed by atoms with van der Waals surface area (Å²) in [6, 6.07) is 1.21. The van der Waals surface area contributed by atoms with Gasteiger partial charge in [0.1, 0.15) is 0 Å². The molecule has 0 spiro atoms. The molecule has 6 heteroatoms. The van der Waals surface area contributed by atoms with Crippen LogP contribution in [0.5, 0.6) is 0 Å².